The molecular weight excluding hydrogens is 356 g/mol. The van der Waals surface area contributed by atoms with Crippen LogP contribution in [0.1, 0.15) is 6.42 Å². The van der Waals surface area contributed by atoms with Crippen molar-refractivity contribution >= 4 is 58.8 Å². The maximum atomic E-state index is 12.0. The van der Waals surface area contributed by atoms with Gasteiger partial charge in [0.05, 0.1) is 22.3 Å². The van der Waals surface area contributed by atoms with Gasteiger partial charge in [-0.15, -0.1) is 12.4 Å². The molecule has 3 N–H and O–H groups in total. The van der Waals surface area contributed by atoms with Crippen molar-refractivity contribution in [2.75, 3.05) is 31.5 Å². The van der Waals surface area contributed by atoms with E-state index in [-0.39, 0.29) is 18.3 Å². The molecule has 8 heteroatoms. The van der Waals surface area contributed by atoms with Gasteiger partial charge in [0, 0.05) is 11.6 Å². The van der Waals surface area contributed by atoms with Gasteiger partial charge < -0.3 is 11.1 Å². The van der Waals surface area contributed by atoms with Crippen molar-refractivity contribution in [3.63, 3.8) is 0 Å². The van der Waals surface area contributed by atoms with Crippen LogP contribution in [-0.2, 0) is 4.79 Å². The average Bonchev–Trinajstić information content (AvgIpc) is 2.81. The number of anilines is 1. The topological polar surface area (TPSA) is 58.4 Å². The van der Waals surface area contributed by atoms with Crippen LogP contribution in [-0.4, -0.2) is 37.0 Å². The second-order valence-electron chi connectivity index (χ2n) is 4.92. The molecule has 1 aliphatic heterocycles. The lowest BCUT2D eigenvalue weighted by Crippen LogP contribution is -2.32. The minimum absolute atomic E-state index is 0. The maximum absolute atomic E-state index is 12.0. The molecule has 1 fully saturated rings. The molecule has 1 amide bonds. The van der Waals surface area contributed by atoms with Crippen LogP contribution in [0.4, 0.5) is 5.69 Å². The second-order valence-corrected chi connectivity index (χ2v) is 6.17. The highest BCUT2D eigenvalue weighted by molar-refractivity contribution is 6.42. The Morgan fingerprint density at radius 2 is 1.95 bits per heavy atom. The normalized spacial score (nSPS) is 18.4. The minimum atomic E-state index is -0.145. The summed E-state index contributed by atoms with van der Waals surface area (Å²) in [6.07, 6.45) is 1.03. The zero-order valence-electron chi connectivity index (χ0n) is 11.2. The summed E-state index contributed by atoms with van der Waals surface area (Å²) in [6, 6.07) is 3.09. The third-order valence-corrected chi connectivity index (χ3v) is 4.16. The Morgan fingerprint density at radius 3 is 2.48 bits per heavy atom. The summed E-state index contributed by atoms with van der Waals surface area (Å²) >= 11 is 17.9. The molecule has 0 aromatic heterocycles. The number of nitrogens with zero attached hydrogens (tertiary/aromatic N) is 1. The first-order chi connectivity index (χ1) is 9.49. The molecule has 0 bridgehead atoms. The van der Waals surface area contributed by atoms with E-state index >= 15 is 0 Å². The minimum Gasteiger partial charge on any atom is -0.330 e. The molecule has 21 heavy (non-hydrogen) atoms. The molecular formula is C13H17Cl4N3O. The molecule has 1 saturated heterocycles. The van der Waals surface area contributed by atoms with Crippen molar-refractivity contribution in [2.45, 2.75) is 6.42 Å². The molecule has 1 aromatic rings. The number of halogens is 4. The van der Waals surface area contributed by atoms with Crippen molar-refractivity contribution in [1.29, 1.82) is 0 Å². The van der Waals surface area contributed by atoms with E-state index in [2.05, 4.69) is 10.2 Å². The van der Waals surface area contributed by atoms with Gasteiger partial charge in [-0.2, -0.15) is 0 Å². The summed E-state index contributed by atoms with van der Waals surface area (Å²) in [5, 5.41) is 3.83. The van der Waals surface area contributed by atoms with Gasteiger partial charge in [0.2, 0.25) is 5.91 Å². The Bertz CT molecular complexity index is 489. The fourth-order valence-electron chi connectivity index (χ4n) is 2.29. The third-order valence-electron chi connectivity index (χ3n) is 3.34. The van der Waals surface area contributed by atoms with Crippen LogP contribution in [0.3, 0.4) is 0 Å². The van der Waals surface area contributed by atoms with Crippen molar-refractivity contribution in [3.8, 4) is 0 Å². The highest BCUT2D eigenvalue weighted by Crippen LogP contribution is 2.33. The predicted octanol–water partition coefficient (Wildman–Crippen LogP) is 3.29. The van der Waals surface area contributed by atoms with Crippen molar-refractivity contribution in [2.24, 2.45) is 11.7 Å². The van der Waals surface area contributed by atoms with E-state index in [1.54, 1.807) is 12.1 Å². The molecule has 1 aromatic carbocycles. The number of nitrogens with two attached hydrogens (primary N) is 1. The maximum Gasteiger partial charge on any atom is 0.238 e. The van der Waals surface area contributed by atoms with Crippen molar-refractivity contribution in [1.82, 2.24) is 4.90 Å². The number of carbonyl (C=O) groups is 1. The monoisotopic (exact) mass is 371 g/mol. The zero-order chi connectivity index (χ0) is 14.7. The van der Waals surface area contributed by atoms with Crippen LogP contribution < -0.4 is 11.1 Å². The number of nitrogens with one attached hydrogen (secondary N) is 1. The van der Waals surface area contributed by atoms with Gasteiger partial charge in [0.25, 0.3) is 0 Å². The van der Waals surface area contributed by atoms with Crippen molar-refractivity contribution in [3.05, 3.63) is 27.2 Å². The molecule has 0 spiro atoms. The molecule has 1 unspecified atom stereocenters. The molecule has 4 nitrogen and oxygen atoms in total. The first-order valence-corrected chi connectivity index (χ1v) is 7.49. The summed E-state index contributed by atoms with van der Waals surface area (Å²) in [5.41, 5.74) is 6.03. The highest BCUT2D eigenvalue weighted by atomic mass is 35.5. The second kappa shape index (κ2) is 8.42. The zero-order valence-corrected chi connectivity index (χ0v) is 14.3. The van der Waals surface area contributed by atoms with E-state index in [4.69, 9.17) is 40.5 Å². The Hall–Kier alpha value is -0.230. The van der Waals surface area contributed by atoms with Crippen LogP contribution in [0.25, 0.3) is 0 Å². The summed E-state index contributed by atoms with van der Waals surface area (Å²) < 4.78 is 0. The summed E-state index contributed by atoms with van der Waals surface area (Å²) in [5.74, 6) is 0.333. The standard InChI is InChI=1S/C13H16Cl3N3O.ClH/c14-9-3-10(15)13(11(16)4-9)18-12(20)7-19-2-1-8(5-17)6-19;/h3-4,8H,1-2,5-7,17H2,(H,18,20);1H. The smallest absolute Gasteiger partial charge is 0.238 e. The van der Waals surface area contributed by atoms with Gasteiger partial charge in [-0.1, -0.05) is 34.8 Å². The van der Waals surface area contributed by atoms with Gasteiger partial charge in [0.1, 0.15) is 0 Å². The number of hydrogen-bond acceptors (Lipinski definition) is 3. The number of likely N-dealkylation sites (tertiary alicyclic amines) is 1. The molecule has 0 saturated carbocycles. The van der Waals surface area contributed by atoms with Gasteiger partial charge in [-0.05, 0) is 37.6 Å². The van der Waals surface area contributed by atoms with Gasteiger partial charge in [-0.3, -0.25) is 9.69 Å². The SMILES string of the molecule is Cl.NCC1CCN(CC(=O)Nc2c(Cl)cc(Cl)cc2Cl)C1. The Balaban J connectivity index is 0.00000220. The molecule has 1 heterocycles. The largest absolute Gasteiger partial charge is 0.330 e. The summed E-state index contributed by atoms with van der Waals surface area (Å²) in [4.78, 5) is 14.1. The fraction of sp³-hybridized carbons (Fsp3) is 0.462. The van der Waals surface area contributed by atoms with Gasteiger partial charge in [0.15, 0.2) is 0 Å². The van der Waals surface area contributed by atoms with Crippen LogP contribution in [0, 0.1) is 5.92 Å². The first-order valence-electron chi connectivity index (χ1n) is 6.36. The molecule has 2 rings (SSSR count). The average molecular weight is 373 g/mol. The van der Waals surface area contributed by atoms with E-state index < -0.39 is 0 Å². The van der Waals surface area contributed by atoms with Crippen LogP contribution in [0.15, 0.2) is 12.1 Å². The van der Waals surface area contributed by atoms with Crippen LogP contribution >= 0.6 is 47.2 Å². The number of hydrogen-bond donors (Lipinski definition) is 2. The lowest BCUT2D eigenvalue weighted by atomic mass is 10.1. The third kappa shape index (κ3) is 5.16. The fourth-order valence-corrected chi connectivity index (χ4v) is 3.20. The van der Waals surface area contributed by atoms with Gasteiger partial charge >= 0.3 is 0 Å². The quantitative estimate of drug-likeness (QED) is 0.852. The summed E-state index contributed by atoms with van der Waals surface area (Å²) in [6.45, 7) is 2.71. The molecule has 1 atom stereocenters. The number of rotatable bonds is 4. The highest BCUT2D eigenvalue weighted by Gasteiger charge is 2.23. The van der Waals surface area contributed by atoms with Gasteiger partial charge in [-0.25, -0.2) is 0 Å². The van der Waals surface area contributed by atoms with E-state index in [1.807, 2.05) is 0 Å². The number of amides is 1. The molecule has 0 aliphatic carbocycles. The van der Waals surface area contributed by atoms with E-state index in [1.165, 1.54) is 0 Å². The Labute approximate surface area is 145 Å². The Kier molecular flexibility index (Phi) is 7.54. The van der Waals surface area contributed by atoms with E-state index in [9.17, 15) is 4.79 Å². The molecule has 0 radical (unpaired) electrons. The van der Waals surface area contributed by atoms with Crippen LogP contribution in [0.2, 0.25) is 15.1 Å². The number of benzene rings is 1. The van der Waals surface area contributed by atoms with Crippen LogP contribution in [0.5, 0.6) is 0 Å². The first kappa shape index (κ1) is 18.8. The van der Waals surface area contributed by atoms with E-state index in [0.717, 1.165) is 19.5 Å². The molecule has 118 valence electrons. The predicted molar refractivity (Wildman–Crippen MR) is 91.0 cm³/mol. The summed E-state index contributed by atoms with van der Waals surface area (Å²) in [7, 11) is 0. The van der Waals surface area contributed by atoms with Crippen molar-refractivity contribution < 1.29 is 4.79 Å². The molecule has 1 aliphatic rings. The number of carbonyl (C=O) groups excluding carboxylic acids is 1. The lowest BCUT2D eigenvalue weighted by molar-refractivity contribution is -0.117. The Morgan fingerprint density at radius 1 is 1.33 bits per heavy atom. The van der Waals surface area contributed by atoms with E-state index in [0.29, 0.717) is 39.8 Å². The lowest BCUT2D eigenvalue weighted by Gasteiger charge is -2.16.